The van der Waals surface area contributed by atoms with Crippen molar-refractivity contribution in [1.82, 2.24) is 19.9 Å². The van der Waals surface area contributed by atoms with Crippen molar-refractivity contribution < 1.29 is 9.59 Å². The highest BCUT2D eigenvalue weighted by atomic mass is 16.2. The first-order chi connectivity index (χ1) is 16.2. The molecule has 0 atom stereocenters. The third kappa shape index (κ3) is 4.64. The number of carbonyl (C=O) groups excluding carboxylic acids is 2. The number of hydrogen-bond donors (Lipinski definition) is 3. The lowest BCUT2D eigenvalue weighted by Gasteiger charge is -2.14. The summed E-state index contributed by atoms with van der Waals surface area (Å²) in [5, 5.41) is 5.53. The Labute approximate surface area is 196 Å². The summed E-state index contributed by atoms with van der Waals surface area (Å²) in [6, 6.07) is 5.56. The molecule has 1 fully saturated rings. The molecule has 4 rings (SSSR count). The van der Waals surface area contributed by atoms with E-state index in [9.17, 15) is 19.2 Å². The molecule has 2 amide bonds. The summed E-state index contributed by atoms with van der Waals surface area (Å²) >= 11 is 0. The van der Waals surface area contributed by atoms with Crippen molar-refractivity contribution in [2.45, 2.75) is 59.4 Å². The van der Waals surface area contributed by atoms with Gasteiger partial charge in [0, 0.05) is 23.8 Å². The number of nitrogens with one attached hydrogen (secondary N) is 3. The van der Waals surface area contributed by atoms with Crippen LogP contribution < -0.4 is 21.9 Å². The summed E-state index contributed by atoms with van der Waals surface area (Å²) in [6.07, 6.45) is 2.55. The van der Waals surface area contributed by atoms with Gasteiger partial charge in [-0.1, -0.05) is 24.6 Å². The molecule has 9 heteroatoms. The lowest BCUT2D eigenvalue weighted by atomic mass is 10.1. The summed E-state index contributed by atoms with van der Waals surface area (Å²) in [5.74, 6) is -0.730. The lowest BCUT2D eigenvalue weighted by Crippen LogP contribution is -2.36. The van der Waals surface area contributed by atoms with Crippen LogP contribution in [-0.2, 0) is 11.3 Å². The topological polar surface area (TPSA) is 126 Å². The van der Waals surface area contributed by atoms with Gasteiger partial charge in [0.05, 0.1) is 17.5 Å². The maximum atomic E-state index is 13.1. The molecule has 1 aromatic carbocycles. The van der Waals surface area contributed by atoms with Gasteiger partial charge in [-0.15, -0.1) is 0 Å². The number of aromatic amines is 1. The number of rotatable bonds is 7. The van der Waals surface area contributed by atoms with E-state index in [1.165, 1.54) is 4.57 Å². The lowest BCUT2D eigenvalue weighted by molar-refractivity contribution is -0.115. The van der Waals surface area contributed by atoms with E-state index in [0.717, 1.165) is 35.2 Å². The van der Waals surface area contributed by atoms with Crippen LogP contribution in [0, 0.1) is 20.8 Å². The molecule has 0 aliphatic heterocycles. The van der Waals surface area contributed by atoms with Crippen LogP contribution in [0.15, 0.2) is 27.8 Å². The molecular weight excluding hydrogens is 434 g/mol. The Bertz CT molecular complexity index is 1390. The summed E-state index contributed by atoms with van der Waals surface area (Å²) < 4.78 is 1.40. The summed E-state index contributed by atoms with van der Waals surface area (Å²) in [6.45, 7) is 7.84. The first kappa shape index (κ1) is 23.4. The van der Waals surface area contributed by atoms with E-state index >= 15 is 0 Å². The smallest absolute Gasteiger partial charge is 0.329 e. The molecule has 3 N–H and O–H groups in total. The minimum Gasteiger partial charge on any atom is -0.343 e. The fraction of sp³-hybridized carbons (Fsp3) is 0.400. The fourth-order valence-electron chi connectivity index (χ4n) is 4.31. The number of hydrogen-bond acceptors (Lipinski definition) is 5. The Morgan fingerprint density at radius 1 is 1.12 bits per heavy atom. The van der Waals surface area contributed by atoms with E-state index in [2.05, 4.69) is 20.6 Å². The van der Waals surface area contributed by atoms with Gasteiger partial charge in [0.1, 0.15) is 0 Å². The van der Waals surface area contributed by atoms with Gasteiger partial charge in [0.2, 0.25) is 5.91 Å². The standard InChI is InChI=1S/C25H29N5O4/c1-5-8-30-22-20(24(33)29-25(30)34)17(11-18(27-22)16-6-7-16)23(32)26-12-19(31)28-21-14(3)9-13(2)10-15(21)4/h9-11,16H,5-8,12H2,1-4H3,(H,26,32)(H,28,31)(H,29,33,34). The number of amides is 2. The Balaban J connectivity index is 1.63. The minimum atomic E-state index is -0.664. The van der Waals surface area contributed by atoms with Crippen molar-refractivity contribution in [3.8, 4) is 0 Å². The Kier molecular flexibility index (Phi) is 6.37. The molecule has 1 aliphatic carbocycles. The number of pyridine rings is 1. The van der Waals surface area contributed by atoms with Gasteiger partial charge < -0.3 is 10.6 Å². The zero-order valence-electron chi connectivity index (χ0n) is 19.9. The number of anilines is 1. The van der Waals surface area contributed by atoms with Crippen molar-refractivity contribution in [2.24, 2.45) is 0 Å². The van der Waals surface area contributed by atoms with E-state index in [1.807, 2.05) is 39.8 Å². The Hall–Kier alpha value is -3.75. The normalized spacial score (nSPS) is 13.2. The molecule has 9 nitrogen and oxygen atoms in total. The number of benzene rings is 1. The van der Waals surface area contributed by atoms with Crippen LogP contribution in [0.25, 0.3) is 11.0 Å². The summed E-state index contributed by atoms with van der Waals surface area (Å²) in [7, 11) is 0. The van der Waals surface area contributed by atoms with Crippen LogP contribution >= 0.6 is 0 Å². The maximum Gasteiger partial charge on any atom is 0.329 e. The minimum absolute atomic E-state index is 0.0561. The third-order valence-electron chi connectivity index (χ3n) is 6.01. The molecule has 2 aromatic heterocycles. The fourth-order valence-corrected chi connectivity index (χ4v) is 4.31. The number of aromatic nitrogens is 3. The molecule has 0 saturated heterocycles. The Morgan fingerprint density at radius 2 is 1.79 bits per heavy atom. The second kappa shape index (κ2) is 9.24. The first-order valence-corrected chi connectivity index (χ1v) is 11.5. The van der Waals surface area contributed by atoms with Gasteiger partial charge >= 0.3 is 5.69 Å². The van der Waals surface area contributed by atoms with Gasteiger partial charge in [0.25, 0.3) is 11.5 Å². The van der Waals surface area contributed by atoms with E-state index in [0.29, 0.717) is 18.7 Å². The molecule has 1 saturated carbocycles. The van der Waals surface area contributed by atoms with Crippen molar-refractivity contribution in [2.75, 3.05) is 11.9 Å². The maximum absolute atomic E-state index is 13.1. The van der Waals surface area contributed by atoms with Crippen LogP contribution in [0.4, 0.5) is 5.69 Å². The number of aryl methyl sites for hydroxylation is 4. The monoisotopic (exact) mass is 463 g/mol. The number of fused-ring (bicyclic) bond motifs is 1. The zero-order valence-corrected chi connectivity index (χ0v) is 19.9. The predicted octanol–water partition coefficient (Wildman–Crippen LogP) is 2.67. The van der Waals surface area contributed by atoms with Crippen LogP contribution in [0.2, 0.25) is 0 Å². The average molecular weight is 464 g/mol. The third-order valence-corrected chi connectivity index (χ3v) is 6.01. The van der Waals surface area contributed by atoms with E-state index < -0.39 is 17.2 Å². The molecule has 0 radical (unpaired) electrons. The highest BCUT2D eigenvalue weighted by Gasteiger charge is 2.28. The predicted molar refractivity (Wildman–Crippen MR) is 131 cm³/mol. The highest BCUT2D eigenvalue weighted by molar-refractivity contribution is 6.07. The molecule has 0 spiro atoms. The van der Waals surface area contributed by atoms with Gasteiger partial charge in [-0.2, -0.15) is 0 Å². The largest absolute Gasteiger partial charge is 0.343 e. The van der Waals surface area contributed by atoms with Crippen molar-refractivity contribution in [1.29, 1.82) is 0 Å². The number of carbonyl (C=O) groups is 2. The van der Waals surface area contributed by atoms with Crippen LogP contribution in [0.5, 0.6) is 0 Å². The highest BCUT2D eigenvalue weighted by Crippen LogP contribution is 2.39. The molecule has 34 heavy (non-hydrogen) atoms. The molecule has 0 bridgehead atoms. The van der Waals surface area contributed by atoms with Crippen LogP contribution in [-0.4, -0.2) is 32.9 Å². The first-order valence-electron chi connectivity index (χ1n) is 11.5. The zero-order chi connectivity index (χ0) is 24.6. The number of H-pyrrole nitrogens is 1. The molecule has 3 aromatic rings. The van der Waals surface area contributed by atoms with Crippen molar-refractivity contribution in [3.05, 3.63) is 67.0 Å². The molecular formula is C25H29N5O4. The molecule has 1 aliphatic rings. The molecule has 0 unspecified atom stereocenters. The van der Waals surface area contributed by atoms with Gasteiger partial charge in [-0.3, -0.25) is 23.9 Å². The molecule has 178 valence electrons. The van der Waals surface area contributed by atoms with Gasteiger partial charge in [-0.25, -0.2) is 9.78 Å². The van der Waals surface area contributed by atoms with E-state index in [-0.39, 0.29) is 35.0 Å². The summed E-state index contributed by atoms with van der Waals surface area (Å²) in [4.78, 5) is 57.7. The summed E-state index contributed by atoms with van der Waals surface area (Å²) in [5.41, 5.74) is 3.49. The second-order valence-corrected chi connectivity index (χ2v) is 8.98. The van der Waals surface area contributed by atoms with E-state index in [4.69, 9.17) is 0 Å². The van der Waals surface area contributed by atoms with Crippen molar-refractivity contribution >= 4 is 28.5 Å². The molecule has 2 heterocycles. The van der Waals surface area contributed by atoms with Crippen LogP contribution in [0.1, 0.15) is 64.8 Å². The second-order valence-electron chi connectivity index (χ2n) is 8.98. The van der Waals surface area contributed by atoms with E-state index in [1.54, 1.807) is 6.07 Å². The number of nitrogens with zero attached hydrogens (tertiary/aromatic N) is 2. The SMILES string of the molecule is CCCn1c(=O)[nH]c(=O)c2c(C(=O)NCC(=O)Nc3c(C)cc(C)cc3C)cc(C3CC3)nc21. The average Bonchev–Trinajstić information content (AvgIpc) is 3.62. The van der Waals surface area contributed by atoms with Crippen molar-refractivity contribution in [3.63, 3.8) is 0 Å². The quantitative estimate of drug-likeness (QED) is 0.497. The van der Waals surface area contributed by atoms with Crippen LogP contribution in [0.3, 0.4) is 0 Å². The Morgan fingerprint density at radius 3 is 2.41 bits per heavy atom. The van der Waals surface area contributed by atoms with Gasteiger partial charge in [-0.05, 0) is 57.2 Å². The van der Waals surface area contributed by atoms with Gasteiger partial charge in [0.15, 0.2) is 5.65 Å².